The monoisotopic (exact) mass is 627 g/mol. The Bertz CT molecular complexity index is 1690. The summed E-state index contributed by atoms with van der Waals surface area (Å²) in [6.07, 6.45) is 0. The number of amides is 2. The fourth-order valence-electron chi connectivity index (χ4n) is 4.05. The molecule has 0 saturated carbocycles. The minimum Gasteiger partial charge on any atom is -0.452 e. The van der Waals surface area contributed by atoms with Crippen molar-refractivity contribution in [1.82, 2.24) is 4.98 Å². The van der Waals surface area contributed by atoms with E-state index in [0.29, 0.717) is 27.8 Å². The van der Waals surface area contributed by atoms with Crippen LogP contribution in [0.2, 0.25) is 0 Å². The first-order valence-corrected chi connectivity index (χ1v) is 13.1. The average molecular weight is 627 g/mol. The summed E-state index contributed by atoms with van der Waals surface area (Å²) >= 11 is 2.14. The molecule has 0 saturated heterocycles. The Morgan fingerprint density at radius 1 is 0.744 bits per heavy atom. The van der Waals surface area contributed by atoms with E-state index in [-0.39, 0.29) is 11.3 Å². The number of aromatic nitrogens is 1. The minimum absolute atomic E-state index is 0.134. The first-order valence-electron chi connectivity index (χ1n) is 12.1. The van der Waals surface area contributed by atoms with Gasteiger partial charge >= 0.3 is 5.97 Å². The third kappa shape index (κ3) is 6.29. The highest BCUT2D eigenvalue weighted by molar-refractivity contribution is 14.1. The third-order valence-electron chi connectivity index (χ3n) is 5.87. The molecule has 0 atom stereocenters. The first-order chi connectivity index (χ1) is 19.0. The van der Waals surface area contributed by atoms with Gasteiger partial charge in [0.2, 0.25) is 0 Å². The van der Waals surface area contributed by atoms with Crippen LogP contribution in [0.15, 0.2) is 109 Å². The summed E-state index contributed by atoms with van der Waals surface area (Å²) < 4.78 is 6.22. The predicted molar refractivity (Wildman–Crippen MR) is 160 cm³/mol. The molecule has 5 rings (SSSR count). The lowest BCUT2D eigenvalue weighted by Gasteiger charge is -2.13. The molecule has 5 aromatic rings. The van der Waals surface area contributed by atoms with E-state index < -0.39 is 24.4 Å². The molecule has 0 aliphatic carbocycles. The predicted octanol–water partition coefficient (Wildman–Crippen LogP) is 6.55. The summed E-state index contributed by atoms with van der Waals surface area (Å²) in [7, 11) is 0. The van der Waals surface area contributed by atoms with Gasteiger partial charge in [-0.05, 0) is 65.1 Å². The van der Waals surface area contributed by atoms with Gasteiger partial charge in [0, 0.05) is 20.2 Å². The second-order valence-corrected chi connectivity index (χ2v) is 9.82. The number of esters is 1. The highest BCUT2D eigenvalue weighted by Gasteiger charge is 2.19. The zero-order valence-electron chi connectivity index (χ0n) is 20.6. The van der Waals surface area contributed by atoms with Crippen LogP contribution in [0.4, 0.5) is 11.4 Å². The number of benzene rings is 4. The molecule has 2 amide bonds. The molecule has 8 heteroatoms. The van der Waals surface area contributed by atoms with E-state index in [2.05, 4.69) is 33.2 Å². The summed E-state index contributed by atoms with van der Waals surface area (Å²) in [6.45, 7) is -0.470. The highest BCUT2D eigenvalue weighted by Crippen LogP contribution is 2.26. The van der Waals surface area contributed by atoms with E-state index in [1.54, 1.807) is 36.4 Å². The number of carbonyl (C=O) groups is 3. The van der Waals surface area contributed by atoms with E-state index in [1.165, 1.54) is 6.07 Å². The number of anilines is 2. The Balaban J connectivity index is 1.35. The number of carbonyl (C=O) groups excluding carboxylic acids is 3. The molecule has 0 aliphatic heterocycles. The second-order valence-electron chi connectivity index (χ2n) is 8.57. The van der Waals surface area contributed by atoms with Crippen LogP contribution in [0.5, 0.6) is 0 Å². The van der Waals surface area contributed by atoms with Crippen molar-refractivity contribution in [1.29, 1.82) is 0 Å². The van der Waals surface area contributed by atoms with Gasteiger partial charge in [-0.1, -0.05) is 66.7 Å². The summed E-state index contributed by atoms with van der Waals surface area (Å²) in [5.74, 6) is -1.60. The van der Waals surface area contributed by atoms with Crippen LogP contribution >= 0.6 is 22.6 Å². The van der Waals surface area contributed by atoms with E-state index in [4.69, 9.17) is 9.72 Å². The molecule has 1 heterocycles. The van der Waals surface area contributed by atoms with Crippen LogP contribution in [0.25, 0.3) is 22.2 Å². The van der Waals surface area contributed by atoms with Gasteiger partial charge in [0.1, 0.15) is 0 Å². The number of ether oxygens (including phenoxy) is 1. The Morgan fingerprint density at radius 2 is 1.49 bits per heavy atom. The Hall–Kier alpha value is -4.57. The van der Waals surface area contributed by atoms with Crippen LogP contribution < -0.4 is 10.6 Å². The molecular formula is C31H22IN3O4. The third-order valence-corrected chi connectivity index (χ3v) is 6.54. The summed E-state index contributed by atoms with van der Waals surface area (Å²) in [6, 6.07) is 32.5. The lowest BCUT2D eigenvalue weighted by atomic mass is 10.0. The van der Waals surface area contributed by atoms with Crippen molar-refractivity contribution in [2.75, 3.05) is 17.2 Å². The number of para-hydroxylation sites is 2. The zero-order valence-corrected chi connectivity index (χ0v) is 22.7. The number of halogens is 1. The molecule has 0 radical (unpaired) electrons. The molecule has 0 spiro atoms. The molecular weight excluding hydrogens is 605 g/mol. The molecule has 0 unspecified atom stereocenters. The second kappa shape index (κ2) is 11.9. The fraction of sp³-hybridized carbons (Fsp3) is 0.0323. The number of rotatable bonds is 7. The number of nitrogens with one attached hydrogen (secondary N) is 2. The van der Waals surface area contributed by atoms with Gasteiger partial charge < -0.3 is 15.4 Å². The van der Waals surface area contributed by atoms with Gasteiger partial charge in [0.15, 0.2) is 6.61 Å². The normalized spacial score (nSPS) is 10.6. The highest BCUT2D eigenvalue weighted by atomic mass is 127. The van der Waals surface area contributed by atoms with Crippen molar-refractivity contribution >= 4 is 62.7 Å². The van der Waals surface area contributed by atoms with E-state index in [0.717, 1.165) is 9.13 Å². The topological polar surface area (TPSA) is 97.4 Å². The van der Waals surface area contributed by atoms with Gasteiger partial charge in [-0.2, -0.15) is 0 Å². The minimum atomic E-state index is -0.728. The Labute approximate surface area is 238 Å². The Kier molecular flexibility index (Phi) is 7.93. The lowest BCUT2D eigenvalue weighted by molar-refractivity contribution is -0.119. The van der Waals surface area contributed by atoms with Crippen LogP contribution in [0.3, 0.4) is 0 Å². The molecule has 0 bridgehead atoms. The number of pyridine rings is 1. The smallest absolute Gasteiger partial charge is 0.340 e. The van der Waals surface area contributed by atoms with Crippen LogP contribution in [-0.2, 0) is 9.53 Å². The maximum Gasteiger partial charge on any atom is 0.340 e. The Morgan fingerprint density at radius 3 is 2.31 bits per heavy atom. The van der Waals surface area contributed by atoms with Crippen molar-refractivity contribution in [3.8, 4) is 11.3 Å². The first kappa shape index (κ1) is 26.1. The van der Waals surface area contributed by atoms with Gasteiger partial charge in [-0.25, -0.2) is 9.78 Å². The fourth-order valence-corrected chi connectivity index (χ4v) is 4.60. The van der Waals surface area contributed by atoms with Crippen LogP contribution in [0.1, 0.15) is 20.7 Å². The molecule has 2 N–H and O–H groups in total. The molecule has 192 valence electrons. The van der Waals surface area contributed by atoms with E-state index in [9.17, 15) is 14.4 Å². The standard InChI is InChI=1S/C31H22IN3O4/c32-21-11-8-12-22(17-21)33-29(36)19-39-31(38)24-14-5-7-16-27(24)35-30(37)25-18-28(20-9-2-1-3-10-20)34-26-15-6-4-13-23(25)26/h1-18H,19H2,(H,33,36)(H,35,37). The van der Waals surface area contributed by atoms with Crippen molar-refractivity contribution in [3.05, 3.63) is 124 Å². The number of hydrogen-bond acceptors (Lipinski definition) is 5. The maximum atomic E-state index is 13.5. The molecule has 0 fully saturated rings. The van der Waals surface area contributed by atoms with Crippen molar-refractivity contribution in [2.24, 2.45) is 0 Å². The van der Waals surface area contributed by atoms with Crippen molar-refractivity contribution < 1.29 is 19.1 Å². The van der Waals surface area contributed by atoms with Crippen molar-refractivity contribution in [2.45, 2.75) is 0 Å². The van der Waals surface area contributed by atoms with Gasteiger partial charge in [-0.3, -0.25) is 9.59 Å². The number of fused-ring (bicyclic) bond motifs is 1. The van der Waals surface area contributed by atoms with Crippen LogP contribution in [-0.4, -0.2) is 29.4 Å². The maximum absolute atomic E-state index is 13.5. The molecule has 0 aliphatic rings. The summed E-state index contributed by atoms with van der Waals surface area (Å²) in [5.41, 5.74) is 3.64. The number of nitrogens with zero attached hydrogens (tertiary/aromatic N) is 1. The molecule has 4 aromatic carbocycles. The summed E-state index contributed by atoms with van der Waals surface area (Å²) in [4.78, 5) is 43.4. The SMILES string of the molecule is O=C(COC(=O)c1ccccc1NC(=O)c1cc(-c2ccccc2)nc2ccccc12)Nc1cccc(I)c1. The van der Waals surface area contributed by atoms with Crippen LogP contribution in [0, 0.1) is 3.57 Å². The summed E-state index contributed by atoms with van der Waals surface area (Å²) in [5, 5.41) is 6.22. The van der Waals surface area contributed by atoms with Crippen molar-refractivity contribution in [3.63, 3.8) is 0 Å². The average Bonchev–Trinajstić information content (AvgIpc) is 2.96. The van der Waals surface area contributed by atoms with Gasteiger partial charge in [0.25, 0.3) is 11.8 Å². The quantitative estimate of drug-likeness (QED) is 0.158. The van der Waals surface area contributed by atoms with E-state index >= 15 is 0 Å². The van der Waals surface area contributed by atoms with Gasteiger partial charge in [-0.15, -0.1) is 0 Å². The molecule has 1 aromatic heterocycles. The van der Waals surface area contributed by atoms with Gasteiger partial charge in [0.05, 0.1) is 28.0 Å². The van der Waals surface area contributed by atoms with E-state index in [1.807, 2.05) is 66.7 Å². The zero-order chi connectivity index (χ0) is 27.2. The largest absolute Gasteiger partial charge is 0.452 e. The molecule has 7 nitrogen and oxygen atoms in total. The molecule has 39 heavy (non-hydrogen) atoms. The number of hydrogen-bond donors (Lipinski definition) is 2. The lowest BCUT2D eigenvalue weighted by Crippen LogP contribution is -2.22.